The van der Waals surface area contributed by atoms with E-state index in [1.165, 1.54) is 22.3 Å². The molecule has 0 unspecified atom stereocenters. The van der Waals surface area contributed by atoms with Gasteiger partial charge in [-0.05, 0) is 40.5 Å². The molecule has 3 rings (SSSR count). The molecule has 0 saturated heterocycles. The highest BCUT2D eigenvalue weighted by atomic mass is 79.9. The Morgan fingerprint density at radius 1 is 0.600 bits per heavy atom. The maximum atomic E-state index is 5.74. The van der Waals surface area contributed by atoms with E-state index >= 15 is 0 Å². The lowest BCUT2D eigenvalue weighted by Gasteiger charge is -2.07. The minimum absolute atomic E-state index is 0.790. The highest BCUT2D eigenvalue weighted by Gasteiger charge is 2.01. The summed E-state index contributed by atoms with van der Waals surface area (Å²) < 4.78 is 1.09. The number of benzene rings is 3. The Hall–Kier alpha value is -1.80. The zero-order valence-electron chi connectivity index (χ0n) is 10.9. The Bertz CT molecular complexity index is 654. The van der Waals surface area contributed by atoms with E-state index in [0.717, 1.165) is 9.94 Å². The van der Waals surface area contributed by atoms with Crippen molar-refractivity contribution in [1.29, 1.82) is 0 Å². The minimum Gasteiger partial charge on any atom is -0.0966 e. The fourth-order valence-electron chi connectivity index (χ4n) is 2.20. The van der Waals surface area contributed by atoms with Gasteiger partial charge in [0, 0.05) is 4.47 Å². The van der Waals surface area contributed by atoms with Crippen LogP contribution in [0.5, 0.6) is 0 Å². The summed E-state index contributed by atoms with van der Waals surface area (Å²) in [7, 11) is 5.74. The van der Waals surface area contributed by atoms with Crippen LogP contribution in [-0.4, -0.2) is 7.85 Å². The summed E-state index contributed by atoms with van der Waals surface area (Å²) >= 11 is 3.46. The summed E-state index contributed by atoms with van der Waals surface area (Å²) in [5, 5.41) is 0. The molecule has 0 aliphatic rings. The Labute approximate surface area is 129 Å². The lowest BCUT2D eigenvalue weighted by Crippen LogP contribution is -1.99. The molecule has 0 N–H and O–H groups in total. The second-order valence-corrected chi connectivity index (χ2v) is 5.63. The monoisotopic (exact) mass is 318 g/mol. The van der Waals surface area contributed by atoms with E-state index in [1.54, 1.807) is 0 Å². The van der Waals surface area contributed by atoms with Crippen LogP contribution >= 0.6 is 15.9 Å². The van der Waals surface area contributed by atoms with Crippen molar-refractivity contribution in [2.24, 2.45) is 0 Å². The summed E-state index contributed by atoms with van der Waals surface area (Å²) in [6, 6.07) is 24.9. The van der Waals surface area contributed by atoms with Crippen LogP contribution in [0.25, 0.3) is 22.3 Å². The first-order chi connectivity index (χ1) is 9.72. The van der Waals surface area contributed by atoms with Gasteiger partial charge in [-0.3, -0.25) is 0 Å². The highest BCUT2D eigenvalue weighted by molar-refractivity contribution is 9.10. The van der Waals surface area contributed by atoms with E-state index in [4.69, 9.17) is 7.85 Å². The number of halogens is 1. The maximum Gasteiger partial charge on any atom is 0.113 e. The van der Waals surface area contributed by atoms with E-state index in [-0.39, 0.29) is 0 Å². The van der Waals surface area contributed by atoms with Crippen molar-refractivity contribution in [3.8, 4) is 22.3 Å². The van der Waals surface area contributed by atoms with Gasteiger partial charge in [-0.15, -0.1) is 0 Å². The second-order valence-electron chi connectivity index (χ2n) is 4.71. The number of rotatable bonds is 2. The molecule has 0 saturated carbocycles. The van der Waals surface area contributed by atoms with E-state index in [2.05, 4.69) is 76.6 Å². The average Bonchev–Trinajstić information content (AvgIpc) is 2.49. The molecular formula is C18H12BBr. The standard InChI is InChI=1S/C18H12BBr/c19-17-8-4-13(5-9-17)15-2-1-3-16(12-15)14-6-10-18(20)11-7-14/h1-12H. The van der Waals surface area contributed by atoms with Crippen molar-refractivity contribution in [2.45, 2.75) is 0 Å². The predicted molar refractivity (Wildman–Crippen MR) is 90.4 cm³/mol. The molecule has 0 nitrogen and oxygen atoms in total. The molecule has 0 bridgehead atoms. The predicted octanol–water partition coefficient (Wildman–Crippen LogP) is 4.58. The van der Waals surface area contributed by atoms with Crippen molar-refractivity contribution in [2.75, 3.05) is 0 Å². The van der Waals surface area contributed by atoms with Crippen LogP contribution in [0, 0.1) is 0 Å². The molecule has 0 aliphatic carbocycles. The number of hydrogen-bond donors (Lipinski definition) is 0. The number of hydrogen-bond acceptors (Lipinski definition) is 0. The molecule has 0 spiro atoms. The van der Waals surface area contributed by atoms with E-state index in [1.807, 2.05) is 12.1 Å². The van der Waals surface area contributed by atoms with Crippen molar-refractivity contribution >= 4 is 29.2 Å². The molecule has 2 radical (unpaired) electrons. The average molecular weight is 319 g/mol. The Morgan fingerprint density at radius 3 is 1.65 bits per heavy atom. The first kappa shape index (κ1) is 13.2. The van der Waals surface area contributed by atoms with Gasteiger partial charge >= 0.3 is 0 Å². The highest BCUT2D eigenvalue weighted by Crippen LogP contribution is 2.26. The van der Waals surface area contributed by atoms with Gasteiger partial charge < -0.3 is 0 Å². The molecule has 0 fully saturated rings. The molecule has 0 aromatic heterocycles. The van der Waals surface area contributed by atoms with Gasteiger partial charge in [0.05, 0.1) is 0 Å². The first-order valence-electron chi connectivity index (χ1n) is 6.44. The largest absolute Gasteiger partial charge is 0.113 e. The first-order valence-corrected chi connectivity index (χ1v) is 7.23. The van der Waals surface area contributed by atoms with Crippen LogP contribution < -0.4 is 5.46 Å². The lowest BCUT2D eigenvalue weighted by molar-refractivity contribution is 1.58. The quantitative estimate of drug-likeness (QED) is 0.607. The van der Waals surface area contributed by atoms with E-state index in [0.29, 0.717) is 0 Å². The van der Waals surface area contributed by atoms with Crippen LogP contribution in [0.3, 0.4) is 0 Å². The van der Waals surface area contributed by atoms with Gasteiger partial charge in [0.15, 0.2) is 0 Å². The summed E-state index contributed by atoms with van der Waals surface area (Å²) in [5.74, 6) is 0. The van der Waals surface area contributed by atoms with Crippen molar-refractivity contribution in [3.63, 3.8) is 0 Å². The molecule has 3 aromatic rings. The molecule has 20 heavy (non-hydrogen) atoms. The van der Waals surface area contributed by atoms with Crippen LogP contribution in [-0.2, 0) is 0 Å². The third-order valence-electron chi connectivity index (χ3n) is 3.28. The molecule has 0 heterocycles. The van der Waals surface area contributed by atoms with Gasteiger partial charge in [0.2, 0.25) is 0 Å². The summed E-state index contributed by atoms with van der Waals surface area (Å²) in [6.07, 6.45) is 0. The molecule has 3 aromatic carbocycles. The third-order valence-corrected chi connectivity index (χ3v) is 3.81. The molecule has 94 valence electrons. The molecule has 0 atom stereocenters. The Morgan fingerprint density at radius 2 is 1.10 bits per heavy atom. The van der Waals surface area contributed by atoms with Crippen molar-refractivity contribution < 1.29 is 0 Å². The van der Waals surface area contributed by atoms with Crippen LogP contribution in [0.1, 0.15) is 0 Å². The molecule has 0 aliphatic heterocycles. The van der Waals surface area contributed by atoms with Gasteiger partial charge in [0.1, 0.15) is 7.85 Å². The minimum atomic E-state index is 0.790. The fraction of sp³-hybridized carbons (Fsp3) is 0. The Balaban J connectivity index is 2.01. The van der Waals surface area contributed by atoms with Crippen LogP contribution in [0.2, 0.25) is 0 Å². The third kappa shape index (κ3) is 2.86. The normalized spacial score (nSPS) is 10.4. The smallest absolute Gasteiger partial charge is 0.0966 e. The fourth-order valence-corrected chi connectivity index (χ4v) is 2.46. The second kappa shape index (κ2) is 5.68. The van der Waals surface area contributed by atoms with Crippen molar-refractivity contribution in [1.82, 2.24) is 0 Å². The van der Waals surface area contributed by atoms with Crippen molar-refractivity contribution in [3.05, 3.63) is 77.3 Å². The van der Waals surface area contributed by atoms with Gasteiger partial charge in [0.25, 0.3) is 0 Å². The van der Waals surface area contributed by atoms with E-state index in [9.17, 15) is 0 Å². The molecule has 0 amide bonds. The van der Waals surface area contributed by atoms with E-state index < -0.39 is 0 Å². The molecular weight excluding hydrogens is 307 g/mol. The topological polar surface area (TPSA) is 0 Å². The Kier molecular flexibility index (Phi) is 3.75. The van der Waals surface area contributed by atoms with Crippen LogP contribution in [0.15, 0.2) is 77.3 Å². The maximum absolute atomic E-state index is 5.74. The summed E-state index contributed by atoms with van der Waals surface area (Å²) in [4.78, 5) is 0. The van der Waals surface area contributed by atoms with Gasteiger partial charge in [-0.25, -0.2) is 0 Å². The summed E-state index contributed by atoms with van der Waals surface area (Å²) in [5.41, 5.74) is 5.60. The summed E-state index contributed by atoms with van der Waals surface area (Å²) in [6.45, 7) is 0. The zero-order chi connectivity index (χ0) is 13.9. The van der Waals surface area contributed by atoms with Crippen LogP contribution in [0.4, 0.5) is 0 Å². The zero-order valence-corrected chi connectivity index (χ0v) is 12.5. The van der Waals surface area contributed by atoms with Gasteiger partial charge in [-0.2, -0.15) is 0 Å². The molecule has 2 heteroatoms. The van der Waals surface area contributed by atoms with Gasteiger partial charge in [-0.1, -0.05) is 76.0 Å². The lowest BCUT2D eigenvalue weighted by atomic mass is 9.93. The SMILES string of the molecule is [B]c1ccc(-c2cccc(-c3ccc(Br)cc3)c2)cc1.